The van der Waals surface area contributed by atoms with Crippen LogP contribution in [0.15, 0.2) is 30.3 Å². The highest BCUT2D eigenvalue weighted by Crippen LogP contribution is 2.24. The van der Waals surface area contributed by atoms with E-state index in [-0.39, 0.29) is 12.6 Å². The summed E-state index contributed by atoms with van der Waals surface area (Å²) >= 11 is 1.52. The second kappa shape index (κ2) is 7.05. The highest BCUT2D eigenvalue weighted by atomic mass is 32.2. The number of hydrogen-bond donors (Lipinski definition) is 0. The Balaban J connectivity index is 1.92. The van der Waals surface area contributed by atoms with Crippen molar-refractivity contribution >= 4 is 23.8 Å². The average Bonchev–Trinajstić information content (AvgIpc) is 2.93. The first kappa shape index (κ1) is 16.7. The van der Waals surface area contributed by atoms with Gasteiger partial charge >= 0.3 is 12.1 Å². The molecule has 1 aromatic carbocycles. The molecule has 1 heterocycles. The lowest BCUT2D eigenvalue weighted by Crippen LogP contribution is -2.45. The maximum atomic E-state index is 12.2. The van der Waals surface area contributed by atoms with Gasteiger partial charge in [0.2, 0.25) is 0 Å². The topological polar surface area (TPSA) is 55.8 Å². The number of thioether (sulfide) groups is 1. The van der Waals surface area contributed by atoms with Crippen LogP contribution in [-0.2, 0) is 20.9 Å². The van der Waals surface area contributed by atoms with E-state index in [4.69, 9.17) is 9.47 Å². The van der Waals surface area contributed by atoms with E-state index in [2.05, 4.69) is 0 Å². The monoisotopic (exact) mass is 323 g/mol. The molecular weight excluding hydrogens is 302 g/mol. The van der Waals surface area contributed by atoms with E-state index in [0.717, 1.165) is 5.56 Å². The van der Waals surface area contributed by atoms with Gasteiger partial charge in [0, 0.05) is 5.75 Å². The first-order chi connectivity index (χ1) is 10.4. The van der Waals surface area contributed by atoms with Crippen molar-refractivity contribution < 1.29 is 19.1 Å². The Kier molecular flexibility index (Phi) is 5.34. The van der Waals surface area contributed by atoms with Gasteiger partial charge < -0.3 is 9.47 Å². The molecule has 0 saturated carbocycles. The summed E-state index contributed by atoms with van der Waals surface area (Å²) in [7, 11) is 0. The van der Waals surface area contributed by atoms with Crippen LogP contribution in [0.2, 0.25) is 0 Å². The largest absolute Gasteiger partial charge is 0.459 e. The number of carbonyl (C=O) groups is 2. The van der Waals surface area contributed by atoms with E-state index >= 15 is 0 Å². The van der Waals surface area contributed by atoms with E-state index < -0.39 is 17.7 Å². The number of nitrogens with zero attached hydrogens (tertiary/aromatic N) is 1. The van der Waals surface area contributed by atoms with E-state index in [0.29, 0.717) is 11.6 Å². The van der Waals surface area contributed by atoms with Crippen molar-refractivity contribution in [2.24, 2.45) is 0 Å². The number of hydrogen-bond acceptors (Lipinski definition) is 5. The van der Waals surface area contributed by atoms with Gasteiger partial charge in [-0.05, 0) is 26.3 Å². The molecule has 120 valence electrons. The van der Waals surface area contributed by atoms with Crippen LogP contribution in [0.4, 0.5) is 4.79 Å². The Morgan fingerprint density at radius 1 is 1.27 bits per heavy atom. The zero-order chi connectivity index (χ0) is 16.2. The molecule has 5 nitrogen and oxygen atoms in total. The molecule has 0 spiro atoms. The van der Waals surface area contributed by atoms with E-state index in [1.54, 1.807) is 20.8 Å². The van der Waals surface area contributed by atoms with E-state index in [1.165, 1.54) is 16.7 Å². The molecule has 1 aliphatic heterocycles. The van der Waals surface area contributed by atoms with Crippen LogP contribution >= 0.6 is 11.8 Å². The first-order valence-electron chi connectivity index (χ1n) is 7.15. The van der Waals surface area contributed by atoms with E-state index in [9.17, 15) is 9.59 Å². The van der Waals surface area contributed by atoms with Crippen LogP contribution < -0.4 is 0 Å². The molecular formula is C16H21NO4S. The summed E-state index contributed by atoms with van der Waals surface area (Å²) in [5.74, 6) is 0.590. The summed E-state index contributed by atoms with van der Waals surface area (Å²) in [6, 6.07) is 8.89. The van der Waals surface area contributed by atoms with Gasteiger partial charge in [0.1, 0.15) is 18.2 Å². The SMILES string of the molecule is CC(C)(C)OC(=O)N1CSCC1C(=O)OCc1ccccc1. The summed E-state index contributed by atoms with van der Waals surface area (Å²) in [5, 5.41) is 0. The predicted octanol–water partition coefficient (Wildman–Crippen LogP) is 3.04. The number of rotatable bonds is 3. The lowest BCUT2D eigenvalue weighted by Gasteiger charge is -2.27. The molecule has 1 saturated heterocycles. The van der Waals surface area contributed by atoms with Crippen LogP contribution in [-0.4, -0.2) is 40.2 Å². The first-order valence-corrected chi connectivity index (χ1v) is 8.30. The van der Waals surface area contributed by atoms with E-state index in [1.807, 2.05) is 30.3 Å². The molecule has 1 amide bonds. The second-order valence-corrected chi connectivity index (χ2v) is 7.06. The van der Waals surface area contributed by atoms with Crippen LogP contribution in [0.1, 0.15) is 26.3 Å². The molecule has 1 fully saturated rings. The second-order valence-electron chi connectivity index (χ2n) is 6.06. The summed E-state index contributed by atoms with van der Waals surface area (Å²) < 4.78 is 10.7. The Labute approximate surface area is 135 Å². The van der Waals surface area contributed by atoms with Gasteiger partial charge in [0.05, 0.1) is 5.88 Å². The summed E-state index contributed by atoms with van der Waals surface area (Å²) in [5.41, 5.74) is 0.341. The molecule has 0 bridgehead atoms. The highest BCUT2D eigenvalue weighted by molar-refractivity contribution is 7.99. The van der Waals surface area contributed by atoms with Crippen molar-refractivity contribution in [2.45, 2.75) is 39.0 Å². The van der Waals surface area contributed by atoms with Crippen molar-refractivity contribution in [3.63, 3.8) is 0 Å². The lowest BCUT2D eigenvalue weighted by molar-refractivity contribution is -0.149. The van der Waals surface area contributed by atoms with Crippen LogP contribution in [0, 0.1) is 0 Å². The molecule has 0 N–H and O–H groups in total. The predicted molar refractivity (Wildman–Crippen MR) is 85.4 cm³/mol. The molecule has 2 rings (SSSR count). The molecule has 0 radical (unpaired) electrons. The highest BCUT2D eigenvalue weighted by Gasteiger charge is 2.38. The quantitative estimate of drug-likeness (QED) is 0.800. The molecule has 1 atom stereocenters. The third-order valence-corrected chi connectivity index (χ3v) is 4.02. The average molecular weight is 323 g/mol. The van der Waals surface area contributed by atoms with Gasteiger partial charge in [-0.2, -0.15) is 0 Å². The van der Waals surface area contributed by atoms with Crippen molar-refractivity contribution in [1.82, 2.24) is 4.90 Å². The minimum absolute atomic E-state index is 0.211. The summed E-state index contributed by atoms with van der Waals surface area (Å²) in [6.45, 7) is 5.62. The standard InChI is InChI=1S/C16H21NO4S/c1-16(2,3)21-15(19)17-11-22-10-13(17)14(18)20-9-12-7-5-4-6-8-12/h4-8,13H,9-11H2,1-3H3. The third kappa shape index (κ3) is 4.66. The minimum Gasteiger partial charge on any atom is -0.459 e. The van der Waals surface area contributed by atoms with Gasteiger partial charge in [-0.25, -0.2) is 9.59 Å². The van der Waals surface area contributed by atoms with Gasteiger partial charge in [-0.1, -0.05) is 30.3 Å². The molecule has 1 aromatic rings. The number of benzene rings is 1. The third-order valence-electron chi connectivity index (χ3n) is 3.01. The van der Waals surface area contributed by atoms with Gasteiger partial charge in [-0.3, -0.25) is 4.90 Å². The van der Waals surface area contributed by atoms with Crippen LogP contribution in [0.25, 0.3) is 0 Å². The molecule has 0 aliphatic carbocycles. The molecule has 0 aromatic heterocycles. The van der Waals surface area contributed by atoms with Crippen LogP contribution in [0.3, 0.4) is 0 Å². The lowest BCUT2D eigenvalue weighted by atomic mass is 10.2. The molecule has 1 aliphatic rings. The Morgan fingerprint density at radius 3 is 2.59 bits per heavy atom. The normalized spacial score (nSPS) is 18.1. The summed E-state index contributed by atoms with van der Waals surface area (Å²) in [4.78, 5) is 25.8. The van der Waals surface area contributed by atoms with Gasteiger partial charge in [0.25, 0.3) is 0 Å². The number of amides is 1. The molecule has 6 heteroatoms. The smallest absolute Gasteiger partial charge is 0.411 e. The number of ether oxygens (including phenoxy) is 2. The Morgan fingerprint density at radius 2 is 1.95 bits per heavy atom. The number of esters is 1. The summed E-state index contributed by atoms with van der Waals surface area (Å²) in [6.07, 6.45) is -0.473. The van der Waals surface area contributed by atoms with Gasteiger partial charge in [-0.15, -0.1) is 11.8 Å². The molecule has 22 heavy (non-hydrogen) atoms. The van der Waals surface area contributed by atoms with Crippen molar-refractivity contribution in [3.8, 4) is 0 Å². The van der Waals surface area contributed by atoms with Crippen molar-refractivity contribution in [1.29, 1.82) is 0 Å². The maximum Gasteiger partial charge on any atom is 0.411 e. The Hall–Kier alpha value is -1.69. The minimum atomic E-state index is -0.581. The fraction of sp³-hybridized carbons (Fsp3) is 0.500. The fourth-order valence-electron chi connectivity index (χ4n) is 1.96. The number of carbonyl (C=O) groups excluding carboxylic acids is 2. The zero-order valence-electron chi connectivity index (χ0n) is 13.1. The Bertz CT molecular complexity index is 527. The van der Waals surface area contributed by atoms with Crippen molar-refractivity contribution in [3.05, 3.63) is 35.9 Å². The molecule has 1 unspecified atom stereocenters. The van der Waals surface area contributed by atoms with Gasteiger partial charge in [0.15, 0.2) is 0 Å². The zero-order valence-corrected chi connectivity index (χ0v) is 13.9. The maximum absolute atomic E-state index is 12.2. The fourth-order valence-corrected chi connectivity index (χ4v) is 3.09. The van der Waals surface area contributed by atoms with Crippen LogP contribution in [0.5, 0.6) is 0 Å². The van der Waals surface area contributed by atoms with Crippen molar-refractivity contribution in [2.75, 3.05) is 11.6 Å².